The molecule has 6 heteroatoms. The smallest absolute Gasteiger partial charge is 0.229 e. The van der Waals surface area contributed by atoms with E-state index in [-0.39, 0.29) is 18.1 Å². The number of aromatic nitrogens is 1. The number of halogens is 2. The minimum atomic E-state index is -0.325. The average molecular weight is 370 g/mol. The number of amides is 1. The first kappa shape index (κ1) is 17.9. The highest BCUT2D eigenvalue weighted by molar-refractivity contribution is 6.31. The molecule has 2 aromatic carbocycles. The zero-order chi connectivity index (χ0) is 18.5. The number of nitrogens with one attached hydrogen (secondary N) is 2. The van der Waals surface area contributed by atoms with E-state index < -0.39 is 0 Å². The summed E-state index contributed by atoms with van der Waals surface area (Å²) in [6, 6.07) is 15.0. The number of benzene rings is 2. The minimum absolute atomic E-state index is 0.156. The molecule has 0 saturated carbocycles. The summed E-state index contributed by atoms with van der Waals surface area (Å²) in [5.74, 6) is -0.0881. The van der Waals surface area contributed by atoms with E-state index in [0.717, 1.165) is 22.5 Å². The normalized spacial score (nSPS) is 10.4. The van der Waals surface area contributed by atoms with Gasteiger partial charge in [0.1, 0.15) is 11.6 Å². The van der Waals surface area contributed by atoms with Crippen molar-refractivity contribution in [1.29, 1.82) is 0 Å². The van der Waals surface area contributed by atoms with Gasteiger partial charge in [-0.05, 0) is 54.4 Å². The van der Waals surface area contributed by atoms with E-state index >= 15 is 0 Å². The van der Waals surface area contributed by atoms with Gasteiger partial charge in [0.05, 0.1) is 18.3 Å². The Morgan fingerprint density at radius 3 is 2.58 bits per heavy atom. The fourth-order valence-corrected chi connectivity index (χ4v) is 2.59. The fourth-order valence-electron chi connectivity index (χ4n) is 2.41. The predicted molar refractivity (Wildman–Crippen MR) is 102 cm³/mol. The molecule has 0 radical (unpaired) electrons. The number of carbonyl (C=O) groups is 1. The molecular formula is C20H17ClFN3O. The molecular weight excluding hydrogens is 353 g/mol. The van der Waals surface area contributed by atoms with Crippen molar-refractivity contribution in [1.82, 2.24) is 4.98 Å². The van der Waals surface area contributed by atoms with Gasteiger partial charge in [-0.1, -0.05) is 29.8 Å². The van der Waals surface area contributed by atoms with Crippen LogP contribution in [-0.2, 0) is 11.2 Å². The highest BCUT2D eigenvalue weighted by Crippen LogP contribution is 2.26. The van der Waals surface area contributed by atoms with Crippen LogP contribution in [-0.4, -0.2) is 10.9 Å². The maximum Gasteiger partial charge on any atom is 0.229 e. The van der Waals surface area contributed by atoms with Gasteiger partial charge in [0.2, 0.25) is 5.91 Å². The second-order valence-electron chi connectivity index (χ2n) is 5.82. The molecule has 0 fully saturated rings. The van der Waals surface area contributed by atoms with Gasteiger partial charge in [0.15, 0.2) is 0 Å². The number of rotatable bonds is 5. The number of anilines is 3. The van der Waals surface area contributed by atoms with E-state index in [1.165, 1.54) is 12.1 Å². The molecule has 0 aliphatic carbocycles. The van der Waals surface area contributed by atoms with Gasteiger partial charge in [-0.15, -0.1) is 0 Å². The van der Waals surface area contributed by atoms with E-state index in [2.05, 4.69) is 15.6 Å². The second kappa shape index (κ2) is 7.97. The highest BCUT2D eigenvalue weighted by Gasteiger charge is 2.06. The van der Waals surface area contributed by atoms with E-state index in [1.807, 2.05) is 31.2 Å². The van der Waals surface area contributed by atoms with Crippen LogP contribution in [0.2, 0.25) is 5.02 Å². The van der Waals surface area contributed by atoms with E-state index in [4.69, 9.17) is 11.6 Å². The van der Waals surface area contributed by atoms with E-state index in [9.17, 15) is 9.18 Å². The third kappa shape index (κ3) is 4.58. The molecule has 2 N–H and O–H groups in total. The first-order chi connectivity index (χ1) is 12.5. The van der Waals surface area contributed by atoms with Crippen molar-refractivity contribution >= 4 is 34.7 Å². The molecule has 1 aromatic heterocycles. The van der Waals surface area contributed by atoms with Crippen molar-refractivity contribution in [2.45, 2.75) is 13.3 Å². The van der Waals surface area contributed by atoms with Gasteiger partial charge in [0, 0.05) is 10.7 Å². The maximum atomic E-state index is 12.9. The number of pyridine rings is 1. The van der Waals surface area contributed by atoms with Gasteiger partial charge < -0.3 is 10.6 Å². The molecule has 26 heavy (non-hydrogen) atoms. The summed E-state index contributed by atoms with van der Waals surface area (Å²) >= 11 is 6.11. The lowest BCUT2D eigenvalue weighted by atomic mass is 10.1. The van der Waals surface area contributed by atoms with Crippen molar-refractivity contribution < 1.29 is 9.18 Å². The van der Waals surface area contributed by atoms with Crippen LogP contribution in [0, 0.1) is 12.7 Å². The third-order valence-electron chi connectivity index (χ3n) is 3.86. The largest absolute Gasteiger partial charge is 0.354 e. The average Bonchev–Trinajstić information content (AvgIpc) is 2.62. The van der Waals surface area contributed by atoms with Gasteiger partial charge in [-0.2, -0.15) is 0 Å². The van der Waals surface area contributed by atoms with Gasteiger partial charge in [-0.25, -0.2) is 9.37 Å². The van der Waals surface area contributed by atoms with Gasteiger partial charge in [0.25, 0.3) is 0 Å². The van der Waals surface area contributed by atoms with Gasteiger partial charge in [-0.3, -0.25) is 4.79 Å². The summed E-state index contributed by atoms with van der Waals surface area (Å²) < 4.78 is 12.9. The summed E-state index contributed by atoms with van der Waals surface area (Å²) in [4.78, 5) is 16.3. The SMILES string of the molecule is Cc1c(Cl)cccc1Nc1ccc(NC(=O)Cc2ccc(F)cc2)nc1. The number of nitrogens with zero attached hydrogens (tertiary/aromatic N) is 1. The van der Waals surface area contributed by atoms with Crippen molar-refractivity contribution in [2.75, 3.05) is 10.6 Å². The monoisotopic (exact) mass is 369 g/mol. The molecule has 0 unspecified atom stereocenters. The number of carbonyl (C=O) groups excluding carboxylic acids is 1. The summed E-state index contributed by atoms with van der Waals surface area (Å²) in [5, 5.41) is 6.66. The van der Waals surface area contributed by atoms with Crippen LogP contribution in [0.1, 0.15) is 11.1 Å². The predicted octanol–water partition coefficient (Wildman–Crippen LogP) is 5.11. The van der Waals surface area contributed by atoms with Crippen LogP contribution in [0.5, 0.6) is 0 Å². The Morgan fingerprint density at radius 1 is 1.12 bits per heavy atom. The minimum Gasteiger partial charge on any atom is -0.354 e. The zero-order valence-corrected chi connectivity index (χ0v) is 14.8. The number of hydrogen-bond donors (Lipinski definition) is 2. The van der Waals surface area contributed by atoms with Crippen LogP contribution in [0.3, 0.4) is 0 Å². The summed E-state index contributed by atoms with van der Waals surface area (Å²) in [6.45, 7) is 1.93. The summed E-state index contributed by atoms with van der Waals surface area (Å²) in [6.07, 6.45) is 1.79. The maximum absolute atomic E-state index is 12.9. The van der Waals surface area contributed by atoms with Crippen molar-refractivity contribution in [2.24, 2.45) is 0 Å². The molecule has 0 bridgehead atoms. The Hall–Kier alpha value is -2.92. The lowest BCUT2D eigenvalue weighted by molar-refractivity contribution is -0.115. The molecule has 0 saturated heterocycles. The van der Waals surface area contributed by atoms with Crippen molar-refractivity contribution in [3.63, 3.8) is 0 Å². The molecule has 3 aromatic rings. The molecule has 4 nitrogen and oxygen atoms in total. The van der Waals surface area contributed by atoms with E-state index in [0.29, 0.717) is 10.8 Å². The van der Waals surface area contributed by atoms with Crippen LogP contribution in [0.4, 0.5) is 21.6 Å². The second-order valence-corrected chi connectivity index (χ2v) is 6.23. The zero-order valence-electron chi connectivity index (χ0n) is 14.1. The lowest BCUT2D eigenvalue weighted by Crippen LogP contribution is -2.15. The van der Waals surface area contributed by atoms with Crippen molar-refractivity contribution in [3.8, 4) is 0 Å². The summed E-state index contributed by atoms with van der Waals surface area (Å²) in [7, 11) is 0. The third-order valence-corrected chi connectivity index (χ3v) is 4.27. The Bertz CT molecular complexity index is 911. The Labute approximate surface area is 156 Å². The molecule has 0 aliphatic heterocycles. The number of hydrogen-bond acceptors (Lipinski definition) is 3. The Balaban J connectivity index is 1.61. The molecule has 0 spiro atoms. The molecule has 0 aliphatic rings. The highest BCUT2D eigenvalue weighted by atomic mass is 35.5. The summed E-state index contributed by atoms with van der Waals surface area (Å²) in [5.41, 5.74) is 3.36. The van der Waals surface area contributed by atoms with Crippen LogP contribution in [0.25, 0.3) is 0 Å². The topological polar surface area (TPSA) is 54.0 Å². The first-order valence-electron chi connectivity index (χ1n) is 8.04. The Kier molecular flexibility index (Phi) is 5.49. The van der Waals surface area contributed by atoms with E-state index in [1.54, 1.807) is 24.4 Å². The fraction of sp³-hybridized carbons (Fsp3) is 0.100. The molecule has 1 amide bonds. The van der Waals surface area contributed by atoms with Crippen LogP contribution < -0.4 is 10.6 Å². The Morgan fingerprint density at radius 2 is 1.88 bits per heavy atom. The van der Waals surface area contributed by atoms with Crippen LogP contribution in [0.15, 0.2) is 60.8 Å². The standard InChI is InChI=1S/C20H17ClFN3O/c1-13-17(21)3-2-4-18(13)24-16-9-10-19(23-12-16)25-20(26)11-14-5-7-15(22)8-6-14/h2-10,12,24H,11H2,1H3,(H,23,25,26). The van der Waals surface area contributed by atoms with Gasteiger partial charge >= 0.3 is 0 Å². The molecule has 132 valence electrons. The molecule has 1 heterocycles. The quantitative estimate of drug-likeness (QED) is 0.657. The van der Waals surface area contributed by atoms with Crippen molar-refractivity contribution in [3.05, 3.63) is 82.8 Å². The lowest BCUT2D eigenvalue weighted by Gasteiger charge is -2.11. The molecule has 0 atom stereocenters. The first-order valence-corrected chi connectivity index (χ1v) is 8.41. The molecule has 3 rings (SSSR count). The van der Waals surface area contributed by atoms with Crippen LogP contribution >= 0.6 is 11.6 Å².